The van der Waals surface area contributed by atoms with E-state index in [1.54, 1.807) is 24.4 Å². The van der Waals surface area contributed by atoms with Crippen molar-refractivity contribution >= 4 is 29.2 Å². The highest BCUT2D eigenvalue weighted by Crippen LogP contribution is 2.45. The summed E-state index contributed by atoms with van der Waals surface area (Å²) in [5.74, 6) is 0.267. The van der Waals surface area contributed by atoms with Crippen molar-refractivity contribution in [2.24, 2.45) is 0 Å². The van der Waals surface area contributed by atoms with Gasteiger partial charge < -0.3 is 45.3 Å². The summed E-state index contributed by atoms with van der Waals surface area (Å²) in [6.07, 6.45) is 4.06. The van der Waals surface area contributed by atoms with Gasteiger partial charge in [0, 0.05) is 54.8 Å². The van der Waals surface area contributed by atoms with E-state index in [1.165, 1.54) is 6.20 Å². The fourth-order valence-corrected chi connectivity index (χ4v) is 6.60. The van der Waals surface area contributed by atoms with E-state index in [1.807, 2.05) is 36.4 Å². The topological polar surface area (TPSA) is 186 Å². The molecule has 0 saturated carbocycles. The molecule has 1 aliphatic carbocycles. The Bertz CT molecular complexity index is 1910. The third-order valence-corrected chi connectivity index (χ3v) is 9.46. The van der Waals surface area contributed by atoms with Crippen LogP contribution in [-0.4, -0.2) is 76.4 Å². The smallest absolute Gasteiger partial charge is 0.320 e. The maximum absolute atomic E-state index is 11.7. The van der Waals surface area contributed by atoms with Gasteiger partial charge in [-0.05, 0) is 67.1 Å². The number of nitriles is 1. The number of rotatable bonds is 20. The average molecular weight is 766 g/mol. The van der Waals surface area contributed by atoms with Gasteiger partial charge in [0.25, 0.3) is 0 Å². The van der Waals surface area contributed by atoms with Crippen molar-refractivity contribution in [1.29, 1.82) is 5.26 Å². The molecule has 0 bridgehead atoms. The number of aliphatic carboxylic acids is 1. The number of carbonyl (C=O) groups is 1. The molecule has 6 N–H and O–H groups in total. The molecular weight excluding hydrogens is 723 g/mol. The van der Waals surface area contributed by atoms with Crippen LogP contribution in [0.15, 0.2) is 67.0 Å². The number of benzene rings is 3. The van der Waals surface area contributed by atoms with Crippen molar-refractivity contribution in [1.82, 2.24) is 15.6 Å². The molecule has 4 aromatic rings. The Labute approximate surface area is 317 Å². The molecule has 0 saturated heterocycles. The molecule has 0 amide bonds. The van der Waals surface area contributed by atoms with E-state index in [9.17, 15) is 25.4 Å². The summed E-state index contributed by atoms with van der Waals surface area (Å²) in [5.41, 5.74) is 5.56. The molecule has 280 valence electrons. The van der Waals surface area contributed by atoms with Crippen LogP contribution < -0.4 is 24.8 Å². The minimum atomic E-state index is -1.09. The number of carboxylic acid groups (broad SMARTS) is 1. The Morgan fingerprint density at radius 3 is 2.62 bits per heavy atom. The van der Waals surface area contributed by atoms with E-state index in [4.69, 9.17) is 42.5 Å². The van der Waals surface area contributed by atoms with Crippen LogP contribution in [0.1, 0.15) is 53.2 Å². The second kappa shape index (κ2) is 19.6. The predicted molar refractivity (Wildman–Crippen MR) is 199 cm³/mol. The van der Waals surface area contributed by atoms with Crippen LogP contribution in [0.3, 0.4) is 0 Å². The Morgan fingerprint density at radius 2 is 1.85 bits per heavy atom. The summed E-state index contributed by atoms with van der Waals surface area (Å²) >= 11 is 13.7. The van der Waals surface area contributed by atoms with Gasteiger partial charge in [0.15, 0.2) is 0 Å². The largest absolute Gasteiger partial charge is 0.492 e. The summed E-state index contributed by atoms with van der Waals surface area (Å²) in [7, 11) is 0. The van der Waals surface area contributed by atoms with Gasteiger partial charge in [-0.1, -0.05) is 53.5 Å². The van der Waals surface area contributed by atoms with Crippen molar-refractivity contribution in [3.8, 4) is 34.4 Å². The average Bonchev–Trinajstić information content (AvgIpc) is 3.58. The standard InChI is InChI=1S/C39H42Cl2N4O8/c40-32-15-26(20-45-33(10-12-46)39(49)50)36(52-23-25-14-24(17-42)18-44-19-25)16-37(32)53-34-9-8-29-28(4-1-5-30(29)34)31-6-2-7-35(38(31)41)51-13-3-11-43-21-27(48)22-47/h1-2,4-7,14-16,18-19,27,33-34,43,45-48H,3,8-13,20-23H2,(H,49,50)/t27-,33+,34?/m0/s1. The second-order valence-corrected chi connectivity index (χ2v) is 13.3. The zero-order chi connectivity index (χ0) is 37.7. The maximum atomic E-state index is 11.7. The van der Waals surface area contributed by atoms with Crippen molar-refractivity contribution in [2.75, 3.05) is 32.9 Å². The number of ether oxygens (including phenoxy) is 3. The lowest BCUT2D eigenvalue weighted by Gasteiger charge is -2.21. The molecule has 1 aliphatic rings. The number of hydrogen-bond acceptors (Lipinski definition) is 11. The number of aliphatic hydroxyl groups excluding tert-OH is 3. The Hall–Kier alpha value is -4.45. The molecular formula is C39H42Cl2N4O8. The molecule has 3 atom stereocenters. The third-order valence-electron chi connectivity index (χ3n) is 8.77. The molecule has 5 rings (SSSR count). The van der Waals surface area contributed by atoms with Crippen LogP contribution >= 0.6 is 23.2 Å². The van der Waals surface area contributed by atoms with Crippen molar-refractivity contribution < 1.29 is 39.4 Å². The van der Waals surface area contributed by atoms with E-state index < -0.39 is 18.1 Å². The van der Waals surface area contributed by atoms with Gasteiger partial charge in [-0.2, -0.15) is 5.26 Å². The number of halogens is 2. The minimum absolute atomic E-state index is 0.0234. The molecule has 0 radical (unpaired) electrons. The van der Waals surface area contributed by atoms with Crippen molar-refractivity contribution in [3.63, 3.8) is 0 Å². The van der Waals surface area contributed by atoms with Gasteiger partial charge >= 0.3 is 5.97 Å². The van der Waals surface area contributed by atoms with Gasteiger partial charge in [0.05, 0.1) is 34.9 Å². The Balaban J connectivity index is 1.34. The lowest BCUT2D eigenvalue weighted by atomic mass is 9.96. The first kappa shape index (κ1) is 39.8. The van der Waals surface area contributed by atoms with E-state index in [0.717, 1.165) is 28.7 Å². The first-order valence-electron chi connectivity index (χ1n) is 17.3. The molecule has 1 unspecified atom stereocenters. The number of nitrogens with one attached hydrogen (secondary N) is 2. The number of carboxylic acids is 1. The normalized spacial score (nSPS) is 14.6. The molecule has 3 aromatic carbocycles. The van der Waals surface area contributed by atoms with E-state index in [0.29, 0.717) is 76.5 Å². The minimum Gasteiger partial charge on any atom is -0.492 e. The number of pyridine rings is 1. The van der Waals surface area contributed by atoms with Gasteiger partial charge in [0.2, 0.25) is 0 Å². The van der Waals surface area contributed by atoms with Crippen LogP contribution in [0.25, 0.3) is 11.1 Å². The van der Waals surface area contributed by atoms with Crippen LogP contribution in [0.2, 0.25) is 10.0 Å². The lowest BCUT2D eigenvalue weighted by Crippen LogP contribution is -2.37. The summed E-state index contributed by atoms with van der Waals surface area (Å²) in [6, 6.07) is 17.8. The number of aromatic nitrogens is 1. The zero-order valence-electron chi connectivity index (χ0n) is 28.9. The number of fused-ring (bicyclic) bond motifs is 1. The highest BCUT2D eigenvalue weighted by molar-refractivity contribution is 6.35. The molecule has 1 heterocycles. The van der Waals surface area contributed by atoms with Crippen LogP contribution in [0.4, 0.5) is 0 Å². The summed E-state index contributed by atoms with van der Waals surface area (Å²) in [6.45, 7) is 0.926. The quantitative estimate of drug-likeness (QED) is 0.0647. The van der Waals surface area contributed by atoms with Crippen LogP contribution in [0.5, 0.6) is 17.2 Å². The van der Waals surface area contributed by atoms with Gasteiger partial charge in [-0.3, -0.25) is 9.78 Å². The molecule has 0 spiro atoms. The fourth-order valence-electron chi connectivity index (χ4n) is 6.09. The zero-order valence-corrected chi connectivity index (χ0v) is 30.4. The van der Waals surface area contributed by atoms with Crippen LogP contribution in [0, 0.1) is 11.3 Å². The molecule has 0 aliphatic heterocycles. The summed E-state index contributed by atoms with van der Waals surface area (Å²) < 4.78 is 18.8. The Kier molecular flexibility index (Phi) is 14.7. The predicted octanol–water partition coefficient (Wildman–Crippen LogP) is 5.21. The number of hydrogen-bond donors (Lipinski definition) is 6. The number of aliphatic hydroxyl groups is 3. The maximum Gasteiger partial charge on any atom is 0.320 e. The van der Waals surface area contributed by atoms with Gasteiger partial charge in [-0.15, -0.1) is 0 Å². The first-order valence-corrected chi connectivity index (χ1v) is 18.0. The van der Waals surface area contributed by atoms with Crippen LogP contribution in [-0.2, 0) is 24.4 Å². The van der Waals surface area contributed by atoms with E-state index in [2.05, 4.69) is 21.7 Å². The summed E-state index contributed by atoms with van der Waals surface area (Å²) in [5, 5.41) is 53.5. The monoisotopic (exact) mass is 764 g/mol. The van der Waals surface area contributed by atoms with E-state index >= 15 is 0 Å². The first-order chi connectivity index (χ1) is 25.7. The highest BCUT2D eigenvalue weighted by atomic mass is 35.5. The lowest BCUT2D eigenvalue weighted by molar-refractivity contribution is -0.140. The van der Waals surface area contributed by atoms with Crippen molar-refractivity contribution in [2.45, 2.75) is 57.1 Å². The SMILES string of the molecule is N#Cc1cncc(COc2cc(OC3CCc4c(-c5cccc(OCCCNC[C@H](O)CO)c5Cl)cccc43)c(Cl)cc2CN[C@H](CCO)C(=O)O)c1. The summed E-state index contributed by atoms with van der Waals surface area (Å²) in [4.78, 5) is 15.8. The molecule has 53 heavy (non-hydrogen) atoms. The van der Waals surface area contributed by atoms with Gasteiger partial charge in [0.1, 0.15) is 42.1 Å². The highest BCUT2D eigenvalue weighted by Gasteiger charge is 2.29. The molecule has 1 aromatic heterocycles. The molecule has 12 nitrogen and oxygen atoms in total. The van der Waals surface area contributed by atoms with Crippen molar-refractivity contribution in [3.05, 3.63) is 105 Å². The van der Waals surface area contributed by atoms with Gasteiger partial charge in [-0.25, -0.2) is 0 Å². The molecule has 0 fully saturated rings. The second-order valence-electron chi connectivity index (χ2n) is 12.5. The number of nitrogens with zero attached hydrogens (tertiary/aromatic N) is 2. The third kappa shape index (κ3) is 10.6. The fraction of sp³-hybridized carbons (Fsp3) is 0.359. The Morgan fingerprint density at radius 1 is 1.04 bits per heavy atom. The van der Waals surface area contributed by atoms with E-state index in [-0.39, 0.29) is 38.9 Å². The molecule has 14 heteroatoms.